The molecule has 0 aromatic rings. The number of nitrogens with zero attached hydrogens (tertiary/aromatic N) is 2. The van der Waals surface area contributed by atoms with Gasteiger partial charge in [0, 0.05) is 19.3 Å². The van der Waals surface area contributed by atoms with Crippen molar-refractivity contribution in [3.05, 3.63) is 0 Å². The number of hydrogen-bond acceptors (Lipinski definition) is 3. The highest BCUT2D eigenvalue weighted by Gasteiger charge is 2.35. The highest BCUT2D eigenvalue weighted by molar-refractivity contribution is 7.99. The van der Waals surface area contributed by atoms with Gasteiger partial charge in [0.1, 0.15) is 6.04 Å². The maximum absolute atomic E-state index is 11.7. The number of hydrogen-bond donors (Lipinski definition) is 1. The molecule has 2 amide bonds. The molecule has 1 heterocycles. The van der Waals surface area contributed by atoms with E-state index in [9.17, 15) is 9.59 Å². The van der Waals surface area contributed by atoms with Gasteiger partial charge in [0.25, 0.3) is 0 Å². The summed E-state index contributed by atoms with van der Waals surface area (Å²) in [4.78, 5) is 25.4. The van der Waals surface area contributed by atoms with Gasteiger partial charge in [0.15, 0.2) is 0 Å². The van der Waals surface area contributed by atoms with E-state index in [2.05, 4.69) is 0 Å². The number of carboxylic acid groups (broad SMARTS) is 1. The van der Waals surface area contributed by atoms with Crippen LogP contribution in [0.2, 0.25) is 0 Å². The Morgan fingerprint density at radius 3 is 2.79 bits per heavy atom. The smallest absolute Gasteiger partial charge is 0.327 e. The zero-order valence-corrected chi connectivity index (χ0v) is 9.08. The Morgan fingerprint density at radius 1 is 1.64 bits per heavy atom. The van der Waals surface area contributed by atoms with Crippen molar-refractivity contribution in [3.8, 4) is 0 Å². The Hall–Kier alpha value is -0.910. The minimum Gasteiger partial charge on any atom is -0.480 e. The van der Waals surface area contributed by atoms with E-state index in [4.69, 9.17) is 5.11 Å². The normalized spacial score (nSPS) is 21.0. The van der Waals surface area contributed by atoms with E-state index in [1.165, 1.54) is 21.6 Å². The molecule has 14 heavy (non-hydrogen) atoms. The van der Waals surface area contributed by atoms with Crippen molar-refractivity contribution in [3.63, 3.8) is 0 Å². The molecule has 1 aliphatic heterocycles. The summed E-state index contributed by atoms with van der Waals surface area (Å²) in [6.45, 7) is 2.45. The molecule has 1 N–H and O–H groups in total. The Balaban J connectivity index is 2.67. The average molecular weight is 218 g/mol. The number of carbonyl (C=O) groups excluding carboxylic acids is 1. The fourth-order valence-electron chi connectivity index (χ4n) is 1.19. The third-order valence-corrected chi connectivity index (χ3v) is 3.23. The zero-order valence-electron chi connectivity index (χ0n) is 8.27. The molecule has 0 bridgehead atoms. The molecule has 0 radical (unpaired) electrons. The molecule has 80 valence electrons. The summed E-state index contributed by atoms with van der Waals surface area (Å²) in [5.74, 6) is 0.0338. The van der Waals surface area contributed by atoms with Crippen LogP contribution in [-0.4, -0.2) is 58.2 Å². The lowest BCUT2D eigenvalue weighted by Gasteiger charge is -2.25. The second-order valence-corrected chi connectivity index (χ2v) is 4.12. The van der Waals surface area contributed by atoms with Crippen LogP contribution in [0.25, 0.3) is 0 Å². The van der Waals surface area contributed by atoms with Gasteiger partial charge in [-0.1, -0.05) is 0 Å². The first-order chi connectivity index (χ1) is 6.57. The standard InChI is InChI=1S/C8H14N2O3S/c1-3-9(2)8(13)10-5-14-4-6(10)7(11)12/h6H,3-5H2,1-2H3,(H,11,12)/t6-/m0/s1. The number of rotatable bonds is 2. The quantitative estimate of drug-likeness (QED) is 0.734. The van der Waals surface area contributed by atoms with E-state index < -0.39 is 12.0 Å². The van der Waals surface area contributed by atoms with E-state index in [0.29, 0.717) is 18.2 Å². The maximum Gasteiger partial charge on any atom is 0.327 e. The van der Waals surface area contributed by atoms with Crippen LogP contribution in [0.1, 0.15) is 6.92 Å². The molecule has 5 nitrogen and oxygen atoms in total. The Labute approximate surface area is 87.0 Å². The molecule has 0 aromatic heterocycles. The third-order valence-electron chi connectivity index (χ3n) is 2.21. The fourth-order valence-corrected chi connectivity index (χ4v) is 2.33. The number of thioether (sulfide) groups is 1. The third kappa shape index (κ3) is 2.12. The van der Waals surface area contributed by atoms with Crippen molar-refractivity contribution in [2.45, 2.75) is 13.0 Å². The summed E-state index contributed by atoms with van der Waals surface area (Å²) < 4.78 is 0. The average Bonchev–Trinajstić information content (AvgIpc) is 2.63. The lowest BCUT2D eigenvalue weighted by molar-refractivity contribution is -0.140. The van der Waals surface area contributed by atoms with Crippen molar-refractivity contribution < 1.29 is 14.7 Å². The van der Waals surface area contributed by atoms with Crippen LogP contribution >= 0.6 is 11.8 Å². The molecule has 1 fully saturated rings. The number of amides is 2. The van der Waals surface area contributed by atoms with Crippen LogP contribution < -0.4 is 0 Å². The minimum atomic E-state index is -0.923. The van der Waals surface area contributed by atoms with Gasteiger partial charge >= 0.3 is 12.0 Å². The number of carbonyl (C=O) groups is 2. The molecule has 0 aromatic carbocycles. The molecule has 1 rings (SSSR count). The number of aliphatic carboxylic acids is 1. The Bertz CT molecular complexity index is 247. The van der Waals surface area contributed by atoms with Crippen molar-refractivity contribution in [1.82, 2.24) is 9.80 Å². The van der Waals surface area contributed by atoms with E-state index in [0.717, 1.165) is 0 Å². The summed E-state index contributed by atoms with van der Waals surface area (Å²) in [5.41, 5.74) is 0. The molecule has 6 heteroatoms. The van der Waals surface area contributed by atoms with Crippen molar-refractivity contribution in [2.24, 2.45) is 0 Å². The predicted molar refractivity (Wildman–Crippen MR) is 54.3 cm³/mol. The van der Waals surface area contributed by atoms with Gasteiger partial charge in [0.2, 0.25) is 0 Å². The van der Waals surface area contributed by atoms with Gasteiger partial charge in [-0.05, 0) is 6.92 Å². The van der Waals surface area contributed by atoms with Gasteiger partial charge in [-0.15, -0.1) is 11.8 Å². The van der Waals surface area contributed by atoms with Crippen molar-refractivity contribution >= 4 is 23.8 Å². The Morgan fingerprint density at radius 2 is 2.29 bits per heavy atom. The predicted octanol–water partition coefficient (Wildman–Crippen LogP) is 0.518. The van der Waals surface area contributed by atoms with Crippen LogP contribution in [0, 0.1) is 0 Å². The SMILES string of the molecule is CCN(C)C(=O)N1CSC[C@H]1C(=O)O. The first-order valence-electron chi connectivity index (χ1n) is 4.40. The molecular formula is C8H14N2O3S. The minimum absolute atomic E-state index is 0.204. The molecule has 1 atom stereocenters. The van der Waals surface area contributed by atoms with E-state index >= 15 is 0 Å². The summed E-state index contributed by atoms with van der Waals surface area (Å²) in [6, 6.07) is -0.869. The van der Waals surface area contributed by atoms with Crippen molar-refractivity contribution in [1.29, 1.82) is 0 Å². The van der Waals surface area contributed by atoms with Gasteiger partial charge in [-0.2, -0.15) is 0 Å². The monoisotopic (exact) mass is 218 g/mol. The highest BCUT2D eigenvalue weighted by atomic mass is 32.2. The Kier molecular flexibility index (Phi) is 3.62. The highest BCUT2D eigenvalue weighted by Crippen LogP contribution is 2.21. The van der Waals surface area contributed by atoms with Crippen LogP contribution in [0.5, 0.6) is 0 Å². The summed E-state index contributed by atoms with van der Waals surface area (Å²) in [6.07, 6.45) is 0. The van der Waals surface area contributed by atoms with E-state index in [1.807, 2.05) is 6.92 Å². The number of carboxylic acids is 1. The largest absolute Gasteiger partial charge is 0.480 e. The van der Waals surface area contributed by atoms with Crippen LogP contribution in [0.3, 0.4) is 0 Å². The van der Waals surface area contributed by atoms with Crippen LogP contribution in [0.15, 0.2) is 0 Å². The van der Waals surface area contributed by atoms with Gasteiger partial charge in [-0.3, -0.25) is 0 Å². The maximum atomic E-state index is 11.7. The first kappa shape index (κ1) is 11.2. The van der Waals surface area contributed by atoms with Gasteiger partial charge in [-0.25, -0.2) is 9.59 Å². The lowest BCUT2D eigenvalue weighted by Crippen LogP contribution is -2.47. The summed E-state index contributed by atoms with van der Waals surface area (Å²) in [7, 11) is 1.67. The molecule has 1 saturated heterocycles. The van der Waals surface area contributed by atoms with E-state index in [1.54, 1.807) is 7.05 Å². The van der Waals surface area contributed by atoms with Crippen LogP contribution in [-0.2, 0) is 4.79 Å². The molecule has 0 aliphatic carbocycles. The lowest BCUT2D eigenvalue weighted by atomic mass is 10.3. The molecule has 1 aliphatic rings. The topological polar surface area (TPSA) is 60.9 Å². The molecule has 0 spiro atoms. The molecule has 0 saturated carbocycles. The number of urea groups is 1. The fraction of sp³-hybridized carbons (Fsp3) is 0.750. The van der Waals surface area contributed by atoms with Crippen LogP contribution in [0.4, 0.5) is 4.79 Å². The summed E-state index contributed by atoms with van der Waals surface area (Å²) in [5, 5.41) is 8.86. The molecule has 0 unspecified atom stereocenters. The van der Waals surface area contributed by atoms with Crippen molar-refractivity contribution in [2.75, 3.05) is 25.2 Å². The second kappa shape index (κ2) is 4.54. The van der Waals surface area contributed by atoms with Gasteiger partial charge < -0.3 is 14.9 Å². The first-order valence-corrected chi connectivity index (χ1v) is 5.55. The second-order valence-electron chi connectivity index (χ2n) is 3.12. The molecular weight excluding hydrogens is 204 g/mol. The van der Waals surface area contributed by atoms with Gasteiger partial charge in [0.05, 0.1) is 5.88 Å². The summed E-state index contributed by atoms with van der Waals surface area (Å²) >= 11 is 1.47. The zero-order chi connectivity index (χ0) is 10.7. The van der Waals surface area contributed by atoms with E-state index in [-0.39, 0.29) is 6.03 Å².